The fraction of sp³-hybridized carbons (Fsp3) is 0.625. The molecule has 1 aromatic carbocycles. The maximum atomic E-state index is 14.2. The molecule has 1 unspecified atom stereocenters. The van der Waals surface area contributed by atoms with Crippen molar-refractivity contribution in [2.24, 2.45) is 5.73 Å². The zero-order valence-corrected chi connectivity index (χ0v) is 13.1. The minimum atomic E-state index is -0.312. The van der Waals surface area contributed by atoms with Crippen LogP contribution in [0.5, 0.6) is 5.75 Å². The predicted molar refractivity (Wildman–Crippen MR) is 81.1 cm³/mol. The number of nitrogens with zero attached hydrogens (tertiary/aromatic N) is 1. The Morgan fingerprint density at radius 1 is 1.38 bits per heavy atom. The summed E-state index contributed by atoms with van der Waals surface area (Å²) in [6, 6.07) is 5.02. The van der Waals surface area contributed by atoms with E-state index >= 15 is 0 Å². The number of nitrogens with two attached hydrogens (primary N) is 1. The highest BCUT2D eigenvalue weighted by atomic mass is 19.1. The third kappa shape index (κ3) is 3.54. The summed E-state index contributed by atoms with van der Waals surface area (Å²) in [5, 5.41) is 0. The largest absolute Gasteiger partial charge is 0.494 e. The molecule has 0 radical (unpaired) electrons. The standard InChI is InChI=1S/C16H25FN2O2/c1-16(2,19-7-9-21-10-8-19)14(18)11-12-5-4-6-13(20-3)15(12)17/h4-6,14H,7-11,18H2,1-3H3. The first-order valence-corrected chi connectivity index (χ1v) is 7.36. The second-order valence-corrected chi connectivity index (χ2v) is 6.00. The van der Waals surface area contributed by atoms with Crippen molar-refractivity contribution in [3.8, 4) is 5.75 Å². The molecule has 1 saturated heterocycles. The zero-order chi connectivity index (χ0) is 15.5. The molecule has 0 aromatic heterocycles. The molecule has 0 saturated carbocycles. The van der Waals surface area contributed by atoms with E-state index in [-0.39, 0.29) is 23.1 Å². The minimum Gasteiger partial charge on any atom is -0.494 e. The molecule has 5 heteroatoms. The van der Waals surface area contributed by atoms with Crippen molar-refractivity contribution in [1.29, 1.82) is 0 Å². The van der Waals surface area contributed by atoms with E-state index in [4.69, 9.17) is 15.2 Å². The van der Waals surface area contributed by atoms with Crippen LogP contribution in [0.25, 0.3) is 0 Å². The van der Waals surface area contributed by atoms with Crippen molar-refractivity contribution >= 4 is 0 Å². The topological polar surface area (TPSA) is 47.7 Å². The van der Waals surface area contributed by atoms with E-state index in [2.05, 4.69) is 18.7 Å². The molecule has 4 nitrogen and oxygen atoms in total. The Balaban J connectivity index is 2.11. The first-order valence-electron chi connectivity index (χ1n) is 7.36. The van der Waals surface area contributed by atoms with Crippen molar-refractivity contribution in [3.63, 3.8) is 0 Å². The van der Waals surface area contributed by atoms with E-state index in [0.29, 0.717) is 12.0 Å². The summed E-state index contributed by atoms with van der Waals surface area (Å²) in [6.07, 6.45) is 0.480. The van der Waals surface area contributed by atoms with E-state index < -0.39 is 0 Å². The van der Waals surface area contributed by atoms with Gasteiger partial charge in [0.05, 0.1) is 20.3 Å². The monoisotopic (exact) mass is 296 g/mol. The van der Waals surface area contributed by atoms with Crippen molar-refractivity contribution in [1.82, 2.24) is 4.90 Å². The highest BCUT2D eigenvalue weighted by Crippen LogP contribution is 2.25. The van der Waals surface area contributed by atoms with Crippen molar-refractivity contribution in [3.05, 3.63) is 29.6 Å². The molecule has 0 spiro atoms. The van der Waals surface area contributed by atoms with Gasteiger partial charge in [-0.25, -0.2) is 4.39 Å². The van der Waals surface area contributed by atoms with Gasteiger partial charge in [0.1, 0.15) is 0 Å². The van der Waals surface area contributed by atoms with E-state index in [1.54, 1.807) is 18.2 Å². The molecule has 0 bridgehead atoms. The molecular weight excluding hydrogens is 271 g/mol. The lowest BCUT2D eigenvalue weighted by molar-refractivity contribution is -0.0186. The quantitative estimate of drug-likeness (QED) is 0.900. The Labute approximate surface area is 126 Å². The number of methoxy groups -OCH3 is 1. The van der Waals surface area contributed by atoms with Gasteiger partial charge in [-0.2, -0.15) is 0 Å². The van der Waals surface area contributed by atoms with Gasteiger partial charge in [0.15, 0.2) is 11.6 Å². The van der Waals surface area contributed by atoms with Gasteiger partial charge in [-0.3, -0.25) is 4.90 Å². The molecule has 1 aliphatic heterocycles. The van der Waals surface area contributed by atoms with Crippen LogP contribution in [0.4, 0.5) is 4.39 Å². The fourth-order valence-electron chi connectivity index (χ4n) is 2.73. The number of benzene rings is 1. The number of ether oxygens (including phenoxy) is 2. The SMILES string of the molecule is COc1cccc(CC(N)C(C)(C)N2CCOCC2)c1F. The molecule has 118 valence electrons. The maximum Gasteiger partial charge on any atom is 0.168 e. The summed E-state index contributed by atoms with van der Waals surface area (Å²) in [4.78, 5) is 2.32. The van der Waals surface area contributed by atoms with Crippen molar-refractivity contribution in [2.45, 2.75) is 31.8 Å². The molecular formula is C16H25FN2O2. The van der Waals surface area contributed by atoms with Crippen LogP contribution in [0.2, 0.25) is 0 Å². The van der Waals surface area contributed by atoms with Crippen LogP contribution in [-0.2, 0) is 11.2 Å². The molecule has 1 atom stereocenters. The van der Waals surface area contributed by atoms with Crippen LogP contribution in [-0.4, -0.2) is 49.9 Å². The summed E-state index contributed by atoms with van der Waals surface area (Å²) >= 11 is 0. The number of rotatable bonds is 5. The third-order valence-electron chi connectivity index (χ3n) is 4.44. The second kappa shape index (κ2) is 6.73. The number of halogens is 1. The van der Waals surface area contributed by atoms with Gasteiger partial charge < -0.3 is 15.2 Å². The first-order chi connectivity index (χ1) is 9.96. The summed E-state index contributed by atoms with van der Waals surface area (Å²) in [6.45, 7) is 7.40. The Morgan fingerprint density at radius 2 is 2.05 bits per heavy atom. The van der Waals surface area contributed by atoms with Crippen LogP contribution < -0.4 is 10.5 Å². The lowest BCUT2D eigenvalue weighted by Crippen LogP contribution is -2.59. The van der Waals surface area contributed by atoms with Gasteiger partial charge in [-0.05, 0) is 31.9 Å². The van der Waals surface area contributed by atoms with Crippen LogP contribution in [0.3, 0.4) is 0 Å². The summed E-state index contributed by atoms with van der Waals surface area (Å²) in [7, 11) is 1.47. The van der Waals surface area contributed by atoms with Gasteiger partial charge in [0.25, 0.3) is 0 Å². The Bertz CT molecular complexity index is 473. The lowest BCUT2D eigenvalue weighted by atomic mass is 9.87. The van der Waals surface area contributed by atoms with Gasteiger partial charge in [0, 0.05) is 24.7 Å². The first kappa shape index (κ1) is 16.2. The van der Waals surface area contributed by atoms with Crippen molar-refractivity contribution in [2.75, 3.05) is 33.4 Å². The molecule has 1 aliphatic rings. The van der Waals surface area contributed by atoms with Crippen LogP contribution in [0, 0.1) is 5.82 Å². The van der Waals surface area contributed by atoms with Gasteiger partial charge in [0.2, 0.25) is 0 Å². The van der Waals surface area contributed by atoms with E-state index in [0.717, 1.165) is 26.3 Å². The molecule has 1 heterocycles. The predicted octanol–water partition coefficient (Wildman–Crippen LogP) is 1.81. The normalized spacial score (nSPS) is 18.5. The van der Waals surface area contributed by atoms with E-state index in [9.17, 15) is 4.39 Å². The number of hydrogen-bond acceptors (Lipinski definition) is 4. The van der Waals surface area contributed by atoms with Crippen LogP contribution in [0.1, 0.15) is 19.4 Å². The van der Waals surface area contributed by atoms with Gasteiger partial charge >= 0.3 is 0 Å². The highest BCUT2D eigenvalue weighted by Gasteiger charge is 2.34. The van der Waals surface area contributed by atoms with Crippen LogP contribution in [0.15, 0.2) is 18.2 Å². The molecule has 0 amide bonds. The maximum absolute atomic E-state index is 14.2. The van der Waals surface area contributed by atoms with E-state index in [1.807, 2.05) is 0 Å². The highest BCUT2D eigenvalue weighted by molar-refractivity contribution is 5.31. The molecule has 1 fully saturated rings. The fourth-order valence-corrected chi connectivity index (χ4v) is 2.73. The number of morpholine rings is 1. The smallest absolute Gasteiger partial charge is 0.168 e. The molecule has 1 aromatic rings. The van der Waals surface area contributed by atoms with Gasteiger partial charge in [-0.1, -0.05) is 12.1 Å². The average Bonchev–Trinajstić information content (AvgIpc) is 2.50. The summed E-state index contributed by atoms with van der Waals surface area (Å²) in [5.41, 5.74) is 6.78. The van der Waals surface area contributed by atoms with Gasteiger partial charge in [-0.15, -0.1) is 0 Å². The average molecular weight is 296 g/mol. The molecule has 2 N–H and O–H groups in total. The second-order valence-electron chi connectivity index (χ2n) is 6.00. The Hall–Kier alpha value is -1.17. The summed E-state index contributed by atoms with van der Waals surface area (Å²) < 4.78 is 24.7. The van der Waals surface area contributed by atoms with E-state index in [1.165, 1.54) is 7.11 Å². The van der Waals surface area contributed by atoms with Crippen LogP contribution >= 0.6 is 0 Å². The Morgan fingerprint density at radius 3 is 2.67 bits per heavy atom. The minimum absolute atomic E-state index is 0.169. The number of hydrogen-bond donors (Lipinski definition) is 1. The third-order valence-corrected chi connectivity index (χ3v) is 4.44. The van der Waals surface area contributed by atoms with Crippen molar-refractivity contribution < 1.29 is 13.9 Å². The molecule has 2 rings (SSSR count). The zero-order valence-electron chi connectivity index (χ0n) is 13.1. The molecule has 21 heavy (non-hydrogen) atoms. The summed E-state index contributed by atoms with van der Waals surface area (Å²) in [5.74, 6) is -0.0443. The molecule has 0 aliphatic carbocycles. The lowest BCUT2D eigenvalue weighted by Gasteiger charge is -2.44. The Kier molecular flexibility index (Phi) is 5.19.